The number of rotatable bonds is 6. The van der Waals surface area contributed by atoms with E-state index in [4.69, 9.17) is 9.84 Å². The van der Waals surface area contributed by atoms with Gasteiger partial charge in [0.25, 0.3) is 5.91 Å². The Labute approximate surface area is 100 Å². The van der Waals surface area contributed by atoms with E-state index in [0.29, 0.717) is 6.42 Å². The Morgan fingerprint density at radius 3 is 2.76 bits per heavy atom. The summed E-state index contributed by atoms with van der Waals surface area (Å²) >= 11 is 0. The Morgan fingerprint density at radius 1 is 1.47 bits per heavy atom. The molecule has 0 unspecified atom stereocenters. The number of phenols is 1. The molecule has 0 fully saturated rings. The maximum Gasteiger partial charge on any atom is 0.258 e. The van der Waals surface area contributed by atoms with E-state index in [1.807, 2.05) is 6.92 Å². The number of phenolic OH excluding ortho intramolecular Hbond substituents is 1. The third kappa shape index (κ3) is 4.32. The van der Waals surface area contributed by atoms with Gasteiger partial charge in [0.05, 0.1) is 12.6 Å². The van der Waals surface area contributed by atoms with Gasteiger partial charge in [-0.05, 0) is 18.6 Å². The van der Waals surface area contributed by atoms with Gasteiger partial charge < -0.3 is 20.3 Å². The molecule has 0 aliphatic heterocycles. The van der Waals surface area contributed by atoms with Crippen molar-refractivity contribution in [2.24, 2.45) is 0 Å². The molecule has 0 saturated carbocycles. The predicted molar refractivity (Wildman–Crippen MR) is 62.9 cm³/mol. The van der Waals surface area contributed by atoms with E-state index in [1.54, 1.807) is 18.2 Å². The summed E-state index contributed by atoms with van der Waals surface area (Å²) in [5, 5.41) is 20.9. The van der Waals surface area contributed by atoms with Gasteiger partial charge in [-0.25, -0.2) is 0 Å². The fraction of sp³-hybridized carbons (Fsp3) is 0.417. The third-order valence-electron chi connectivity index (χ3n) is 2.30. The first kappa shape index (κ1) is 13.3. The highest BCUT2D eigenvalue weighted by atomic mass is 16.5. The van der Waals surface area contributed by atoms with Gasteiger partial charge in [0.2, 0.25) is 0 Å². The SMILES string of the molecule is CC[C@H](CO)NC(=O)COc1ccccc1O. The fourth-order valence-corrected chi connectivity index (χ4v) is 1.27. The van der Waals surface area contributed by atoms with Gasteiger partial charge in [0.1, 0.15) is 0 Å². The molecule has 94 valence electrons. The first-order valence-corrected chi connectivity index (χ1v) is 5.48. The van der Waals surface area contributed by atoms with Crippen LogP contribution in [-0.4, -0.2) is 35.4 Å². The van der Waals surface area contributed by atoms with Crippen molar-refractivity contribution >= 4 is 5.91 Å². The van der Waals surface area contributed by atoms with E-state index in [9.17, 15) is 9.90 Å². The number of carbonyl (C=O) groups excluding carboxylic acids is 1. The lowest BCUT2D eigenvalue weighted by Crippen LogP contribution is -2.39. The van der Waals surface area contributed by atoms with E-state index in [0.717, 1.165) is 0 Å². The van der Waals surface area contributed by atoms with Crippen LogP contribution in [0.2, 0.25) is 0 Å². The highest BCUT2D eigenvalue weighted by Gasteiger charge is 2.10. The second kappa shape index (κ2) is 6.75. The molecular weight excluding hydrogens is 222 g/mol. The van der Waals surface area contributed by atoms with Crippen molar-refractivity contribution < 1.29 is 19.7 Å². The summed E-state index contributed by atoms with van der Waals surface area (Å²) in [6.45, 7) is 1.58. The lowest BCUT2D eigenvalue weighted by atomic mass is 10.2. The van der Waals surface area contributed by atoms with E-state index in [-0.39, 0.29) is 36.7 Å². The second-order valence-electron chi connectivity index (χ2n) is 3.61. The maximum absolute atomic E-state index is 11.4. The monoisotopic (exact) mass is 239 g/mol. The molecule has 0 aliphatic carbocycles. The summed E-state index contributed by atoms with van der Waals surface area (Å²) in [7, 11) is 0. The molecule has 3 N–H and O–H groups in total. The van der Waals surface area contributed by atoms with E-state index >= 15 is 0 Å². The van der Waals surface area contributed by atoms with Crippen LogP contribution < -0.4 is 10.1 Å². The Bertz CT molecular complexity index is 363. The number of benzene rings is 1. The number of aromatic hydroxyl groups is 1. The van der Waals surface area contributed by atoms with Crippen LogP contribution in [0.5, 0.6) is 11.5 Å². The predicted octanol–water partition coefficient (Wildman–Crippen LogP) is 0.658. The number of hydrogen-bond donors (Lipinski definition) is 3. The zero-order valence-corrected chi connectivity index (χ0v) is 9.72. The van der Waals surface area contributed by atoms with Crippen LogP contribution in [-0.2, 0) is 4.79 Å². The molecule has 0 saturated heterocycles. The van der Waals surface area contributed by atoms with E-state index in [1.165, 1.54) is 6.07 Å². The van der Waals surface area contributed by atoms with Crippen LogP contribution >= 0.6 is 0 Å². The first-order chi connectivity index (χ1) is 8.17. The van der Waals surface area contributed by atoms with Crippen LogP contribution in [0.25, 0.3) is 0 Å². The van der Waals surface area contributed by atoms with Gasteiger partial charge in [-0.2, -0.15) is 0 Å². The van der Waals surface area contributed by atoms with Crippen molar-refractivity contribution in [3.8, 4) is 11.5 Å². The third-order valence-corrected chi connectivity index (χ3v) is 2.30. The molecule has 1 atom stereocenters. The number of hydrogen-bond acceptors (Lipinski definition) is 4. The summed E-state index contributed by atoms with van der Waals surface area (Å²) in [4.78, 5) is 11.4. The highest BCUT2D eigenvalue weighted by Crippen LogP contribution is 2.23. The van der Waals surface area contributed by atoms with Crippen LogP contribution in [0.1, 0.15) is 13.3 Å². The van der Waals surface area contributed by atoms with Gasteiger partial charge in [-0.1, -0.05) is 19.1 Å². The highest BCUT2D eigenvalue weighted by molar-refractivity contribution is 5.77. The fourth-order valence-electron chi connectivity index (χ4n) is 1.27. The maximum atomic E-state index is 11.4. The molecule has 0 aromatic heterocycles. The Balaban J connectivity index is 2.41. The number of ether oxygens (including phenoxy) is 1. The summed E-state index contributed by atoms with van der Waals surface area (Å²) in [5.74, 6) is -0.0663. The number of nitrogens with one attached hydrogen (secondary N) is 1. The molecule has 1 aromatic carbocycles. The molecule has 0 spiro atoms. The van der Waals surface area contributed by atoms with Crippen molar-refractivity contribution in [1.29, 1.82) is 0 Å². The minimum absolute atomic E-state index is 0.00509. The van der Waals surface area contributed by atoms with Crippen molar-refractivity contribution in [2.45, 2.75) is 19.4 Å². The standard InChI is InChI=1S/C12H17NO4/c1-2-9(7-14)13-12(16)8-17-11-6-4-3-5-10(11)15/h3-6,9,14-15H,2,7-8H2,1H3,(H,13,16)/t9-/m1/s1. The normalized spacial score (nSPS) is 11.9. The number of para-hydroxylation sites is 2. The van der Waals surface area contributed by atoms with Crippen molar-refractivity contribution in [3.63, 3.8) is 0 Å². The van der Waals surface area contributed by atoms with E-state index < -0.39 is 0 Å². The number of aliphatic hydroxyl groups is 1. The number of carbonyl (C=O) groups is 1. The van der Waals surface area contributed by atoms with E-state index in [2.05, 4.69) is 5.32 Å². The minimum atomic E-state index is -0.325. The quantitative estimate of drug-likeness (QED) is 0.681. The van der Waals surface area contributed by atoms with Crippen molar-refractivity contribution in [1.82, 2.24) is 5.32 Å². The summed E-state index contributed by atoms with van der Waals surface area (Å²) < 4.78 is 5.14. The molecule has 17 heavy (non-hydrogen) atoms. The molecule has 0 radical (unpaired) electrons. The zero-order valence-electron chi connectivity index (χ0n) is 9.72. The number of amides is 1. The molecule has 1 aromatic rings. The van der Waals surface area contributed by atoms with Gasteiger partial charge in [0, 0.05) is 0 Å². The average molecular weight is 239 g/mol. The van der Waals surface area contributed by atoms with Crippen molar-refractivity contribution in [2.75, 3.05) is 13.2 Å². The van der Waals surface area contributed by atoms with Gasteiger partial charge in [-0.3, -0.25) is 4.79 Å². The van der Waals surface area contributed by atoms with Gasteiger partial charge in [-0.15, -0.1) is 0 Å². The molecular formula is C12H17NO4. The smallest absolute Gasteiger partial charge is 0.258 e. The molecule has 0 heterocycles. The van der Waals surface area contributed by atoms with Crippen molar-refractivity contribution in [3.05, 3.63) is 24.3 Å². The molecule has 0 bridgehead atoms. The minimum Gasteiger partial charge on any atom is -0.504 e. The topological polar surface area (TPSA) is 78.8 Å². The Kier molecular flexibility index (Phi) is 5.29. The molecule has 1 rings (SSSR count). The zero-order chi connectivity index (χ0) is 12.7. The van der Waals surface area contributed by atoms with Crippen LogP contribution in [0.3, 0.4) is 0 Å². The molecule has 1 amide bonds. The van der Waals surface area contributed by atoms with Crippen LogP contribution in [0.15, 0.2) is 24.3 Å². The second-order valence-corrected chi connectivity index (χ2v) is 3.61. The Morgan fingerprint density at radius 2 is 2.18 bits per heavy atom. The average Bonchev–Trinajstić information content (AvgIpc) is 2.35. The molecule has 0 aliphatic rings. The summed E-state index contributed by atoms with van der Waals surface area (Å²) in [6.07, 6.45) is 0.652. The lowest BCUT2D eigenvalue weighted by molar-refractivity contribution is -0.124. The summed E-state index contributed by atoms with van der Waals surface area (Å²) in [5.41, 5.74) is 0. The van der Waals surface area contributed by atoms with Gasteiger partial charge in [0.15, 0.2) is 18.1 Å². The van der Waals surface area contributed by atoms with Gasteiger partial charge >= 0.3 is 0 Å². The van der Waals surface area contributed by atoms with Crippen LogP contribution in [0.4, 0.5) is 0 Å². The largest absolute Gasteiger partial charge is 0.504 e. The first-order valence-electron chi connectivity index (χ1n) is 5.48. The molecule has 5 nitrogen and oxygen atoms in total. The summed E-state index contributed by atoms with van der Waals surface area (Å²) in [6, 6.07) is 6.17. The lowest BCUT2D eigenvalue weighted by Gasteiger charge is -2.14. The molecule has 5 heteroatoms. The number of aliphatic hydroxyl groups excluding tert-OH is 1. The Hall–Kier alpha value is -1.75. The van der Waals surface area contributed by atoms with Crippen LogP contribution in [0, 0.1) is 0 Å².